The van der Waals surface area contributed by atoms with Gasteiger partial charge < -0.3 is 14.2 Å². The van der Waals surface area contributed by atoms with E-state index in [1.54, 1.807) is 12.4 Å². The molecule has 0 bridgehead atoms. The number of fused-ring (bicyclic) bond motifs is 3. The summed E-state index contributed by atoms with van der Waals surface area (Å²) in [5.74, 6) is 0.627. The van der Waals surface area contributed by atoms with Gasteiger partial charge in [-0.15, -0.1) is 12.4 Å². The van der Waals surface area contributed by atoms with Crippen LogP contribution >= 0.6 is 12.4 Å². The van der Waals surface area contributed by atoms with Gasteiger partial charge in [-0.2, -0.15) is 0 Å². The second kappa shape index (κ2) is 7.04. The van der Waals surface area contributed by atoms with E-state index >= 15 is 0 Å². The van der Waals surface area contributed by atoms with E-state index in [0.717, 1.165) is 48.5 Å². The topological polar surface area (TPSA) is 45.4 Å². The van der Waals surface area contributed by atoms with Crippen molar-refractivity contribution in [2.24, 2.45) is 0 Å². The average molecular weight is 385 g/mol. The van der Waals surface area contributed by atoms with Crippen LogP contribution < -0.4 is 9.80 Å². The highest BCUT2D eigenvalue weighted by Crippen LogP contribution is 2.32. The fourth-order valence-electron chi connectivity index (χ4n) is 3.60. The maximum atomic E-state index is 14.0. The van der Waals surface area contributed by atoms with Crippen LogP contribution in [0, 0.1) is 5.82 Å². The smallest absolute Gasteiger partial charge is 0.196 e. The summed E-state index contributed by atoms with van der Waals surface area (Å²) in [5.41, 5.74) is 3.02. The summed E-state index contributed by atoms with van der Waals surface area (Å²) >= 11 is 0. The molecule has 4 aromatic rings. The number of piperazine rings is 1. The van der Waals surface area contributed by atoms with Gasteiger partial charge in [0.1, 0.15) is 23.2 Å². The van der Waals surface area contributed by atoms with Gasteiger partial charge in [0.2, 0.25) is 0 Å². The Balaban J connectivity index is 0.00000180. The van der Waals surface area contributed by atoms with E-state index in [-0.39, 0.29) is 18.2 Å². The number of benzene rings is 2. The number of hydrogen-bond acceptors (Lipinski definition) is 5. The van der Waals surface area contributed by atoms with E-state index in [1.807, 2.05) is 36.4 Å². The van der Waals surface area contributed by atoms with E-state index in [1.165, 1.54) is 6.07 Å². The minimum Gasteiger partial charge on any atom is -0.450 e. The van der Waals surface area contributed by atoms with Gasteiger partial charge in [0.05, 0.1) is 5.69 Å². The van der Waals surface area contributed by atoms with Crippen LogP contribution in [0.25, 0.3) is 22.1 Å². The first-order chi connectivity index (χ1) is 12.8. The normalized spacial score (nSPS) is 14.6. The summed E-state index contributed by atoms with van der Waals surface area (Å²) in [4.78, 5) is 13.1. The molecule has 3 heterocycles. The molecule has 27 heavy (non-hydrogen) atoms. The Bertz CT molecular complexity index is 1090. The minimum atomic E-state index is -0.178. The molecule has 2 aromatic heterocycles. The van der Waals surface area contributed by atoms with Crippen molar-refractivity contribution in [3.8, 4) is 0 Å². The van der Waals surface area contributed by atoms with Crippen molar-refractivity contribution in [2.45, 2.75) is 0 Å². The largest absolute Gasteiger partial charge is 0.450 e. The summed E-state index contributed by atoms with van der Waals surface area (Å²) in [7, 11) is 0. The fourth-order valence-corrected chi connectivity index (χ4v) is 3.60. The molecule has 0 aliphatic carbocycles. The Kier molecular flexibility index (Phi) is 4.58. The highest BCUT2D eigenvalue weighted by Gasteiger charge is 2.23. The van der Waals surface area contributed by atoms with Gasteiger partial charge in [0, 0.05) is 31.6 Å². The Labute approximate surface area is 161 Å². The summed E-state index contributed by atoms with van der Waals surface area (Å²) in [6.45, 7) is 2.95. The van der Waals surface area contributed by atoms with Crippen LogP contribution in [-0.4, -0.2) is 36.1 Å². The Morgan fingerprint density at radius 2 is 1.56 bits per heavy atom. The van der Waals surface area contributed by atoms with E-state index < -0.39 is 0 Å². The molecule has 0 radical (unpaired) electrons. The number of halogens is 2. The van der Waals surface area contributed by atoms with Gasteiger partial charge in [0.25, 0.3) is 0 Å². The monoisotopic (exact) mass is 384 g/mol. The van der Waals surface area contributed by atoms with Crippen LogP contribution in [-0.2, 0) is 0 Å². The van der Waals surface area contributed by atoms with E-state index in [2.05, 4.69) is 19.8 Å². The summed E-state index contributed by atoms with van der Waals surface area (Å²) in [6.07, 6.45) is 1.59. The predicted octanol–water partition coefficient (Wildman–Crippen LogP) is 4.26. The highest BCUT2D eigenvalue weighted by molar-refractivity contribution is 6.05. The molecule has 1 aliphatic rings. The lowest BCUT2D eigenvalue weighted by Crippen LogP contribution is -2.47. The van der Waals surface area contributed by atoms with Gasteiger partial charge in [-0.1, -0.05) is 24.3 Å². The van der Waals surface area contributed by atoms with Crippen molar-refractivity contribution in [1.82, 2.24) is 9.97 Å². The van der Waals surface area contributed by atoms with Gasteiger partial charge in [0.15, 0.2) is 11.4 Å². The van der Waals surface area contributed by atoms with Gasteiger partial charge in [-0.25, -0.2) is 14.4 Å². The van der Waals surface area contributed by atoms with Gasteiger partial charge in [-0.3, -0.25) is 0 Å². The van der Waals surface area contributed by atoms with Crippen LogP contribution in [0.15, 0.2) is 59.3 Å². The fraction of sp³-hybridized carbons (Fsp3) is 0.200. The quantitative estimate of drug-likeness (QED) is 0.516. The minimum absolute atomic E-state index is 0. The van der Waals surface area contributed by atoms with E-state index in [4.69, 9.17) is 4.42 Å². The number of nitrogens with zero attached hydrogens (tertiary/aromatic N) is 4. The molecular weight excluding hydrogens is 367 g/mol. The number of anilines is 2. The lowest BCUT2D eigenvalue weighted by molar-refractivity contribution is 0.593. The first kappa shape index (κ1) is 17.5. The molecule has 0 atom stereocenters. The maximum Gasteiger partial charge on any atom is 0.196 e. The van der Waals surface area contributed by atoms with Crippen molar-refractivity contribution in [1.29, 1.82) is 0 Å². The molecule has 7 heteroatoms. The molecule has 5 rings (SSSR count). The van der Waals surface area contributed by atoms with Crippen LogP contribution in [0.3, 0.4) is 0 Å². The van der Waals surface area contributed by atoms with Crippen molar-refractivity contribution in [3.05, 3.63) is 60.7 Å². The number of furan rings is 1. The first-order valence-corrected chi connectivity index (χ1v) is 8.68. The second-order valence-corrected chi connectivity index (χ2v) is 6.40. The molecule has 138 valence electrons. The maximum absolute atomic E-state index is 14.0. The van der Waals surface area contributed by atoms with Gasteiger partial charge in [-0.05, 0) is 24.3 Å². The predicted molar refractivity (Wildman–Crippen MR) is 107 cm³/mol. The summed E-state index contributed by atoms with van der Waals surface area (Å²) in [6, 6.07) is 14.8. The molecule has 0 saturated carbocycles. The number of para-hydroxylation sites is 2. The van der Waals surface area contributed by atoms with Crippen LogP contribution in [0.2, 0.25) is 0 Å². The SMILES string of the molecule is Cl.Fc1ccccc1N1CCN(c2ncnc3c2oc2ccccc23)CC1. The molecule has 1 aliphatic heterocycles. The molecule has 0 unspecified atom stereocenters. The summed E-state index contributed by atoms with van der Waals surface area (Å²) in [5, 5.41) is 0.996. The molecule has 0 N–H and O–H groups in total. The zero-order chi connectivity index (χ0) is 17.5. The molecule has 1 saturated heterocycles. The zero-order valence-corrected chi connectivity index (χ0v) is 15.3. The number of rotatable bonds is 2. The Morgan fingerprint density at radius 3 is 2.37 bits per heavy atom. The third-order valence-electron chi connectivity index (χ3n) is 4.91. The van der Waals surface area contributed by atoms with Crippen LogP contribution in [0.4, 0.5) is 15.9 Å². The number of aromatic nitrogens is 2. The lowest BCUT2D eigenvalue weighted by Gasteiger charge is -2.36. The zero-order valence-electron chi connectivity index (χ0n) is 14.5. The van der Waals surface area contributed by atoms with Crippen molar-refractivity contribution in [3.63, 3.8) is 0 Å². The third-order valence-corrected chi connectivity index (χ3v) is 4.91. The standard InChI is InChI=1S/C20H17FN4O.ClH/c21-15-6-2-3-7-16(15)24-9-11-25(12-10-24)20-19-18(22-13-23-20)14-5-1-4-8-17(14)26-19;/h1-8,13H,9-12H2;1H. The van der Waals surface area contributed by atoms with Crippen molar-refractivity contribution in [2.75, 3.05) is 36.0 Å². The molecule has 2 aromatic carbocycles. The third kappa shape index (κ3) is 2.96. The number of hydrogen-bond donors (Lipinski definition) is 0. The lowest BCUT2D eigenvalue weighted by atomic mass is 10.2. The van der Waals surface area contributed by atoms with Crippen molar-refractivity contribution >= 4 is 46.0 Å². The molecule has 0 amide bonds. The molecule has 5 nitrogen and oxygen atoms in total. The molecule has 1 fully saturated rings. The van der Waals surface area contributed by atoms with E-state index in [9.17, 15) is 4.39 Å². The highest BCUT2D eigenvalue weighted by atomic mass is 35.5. The van der Waals surface area contributed by atoms with Crippen LogP contribution in [0.5, 0.6) is 0 Å². The molecular formula is C20H18ClFN4O. The summed E-state index contributed by atoms with van der Waals surface area (Å²) < 4.78 is 20.1. The first-order valence-electron chi connectivity index (χ1n) is 8.68. The van der Waals surface area contributed by atoms with E-state index in [0.29, 0.717) is 11.3 Å². The van der Waals surface area contributed by atoms with Gasteiger partial charge >= 0.3 is 0 Å². The average Bonchev–Trinajstić information content (AvgIpc) is 3.07. The Hall–Kier alpha value is -2.86. The Morgan fingerprint density at radius 1 is 0.852 bits per heavy atom. The van der Waals surface area contributed by atoms with Crippen LogP contribution in [0.1, 0.15) is 0 Å². The van der Waals surface area contributed by atoms with Crippen molar-refractivity contribution < 1.29 is 8.81 Å². The second-order valence-electron chi connectivity index (χ2n) is 6.40. The molecule has 0 spiro atoms.